The van der Waals surface area contributed by atoms with Gasteiger partial charge in [-0.2, -0.15) is 31.6 Å². The molecule has 2 rings (SSSR count). The minimum absolute atomic E-state index is 0.114. The van der Waals surface area contributed by atoms with Crippen LogP contribution in [0.2, 0.25) is 0 Å². The third kappa shape index (κ3) is 4.07. The van der Waals surface area contributed by atoms with Crippen LogP contribution in [-0.2, 0) is 6.18 Å². The van der Waals surface area contributed by atoms with Crippen LogP contribution in [0.5, 0.6) is 0 Å². The molecular weight excluding hydrogens is 343 g/mol. The first kappa shape index (κ1) is 18.3. The van der Waals surface area contributed by atoms with E-state index in [9.17, 15) is 30.7 Å². The molecule has 0 N–H and O–H groups in total. The Kier molecular flexibility index (Phi) is 4.92. The smallest absolute Gasteiger partial charge is 0.367 e. The molecule has 0 radical (unpaired) electrons. The molecule has 0 unspecified atom stereocenters. The van der Waals surface area contributed by atoms with E-state index in [0.717, 1.165) is 11.1 Å². The molecule has 0 aliphatic carbocycles. The van der Waals surface area contributed by atoms with Crippen LogP contribution >= 0.6 is 0 Å². The summed E-state index contributed by atoms with van der Waals surface area (Å²) < 4.78 is 89.7. The van der Waals surface area contributed by atoms with Crippen molar-refractivity contribution in [3.63, 3.8) is 0 Å². The Bertz CT molecular complexity index is 633. The monoisotopic (exact) mass is 355 g/mol. The van der Waals surface area contributed by atoms with Gasteiger partial charge in [-0.15, -0.1) is 0 Å². The molecule has 0 amide bonds. The molecule has 1 saturated heterocycles. The molecule has 0 saturated carbocycles. The van der Waals surface area contributed by atoms with Crippen molar-refractivity contribution in [3.8, 4) is 6.07 Å². The Morgan fingerprint density at radius 3 is 2.42 bits per heavy atom. The number of halogens is 7. The Hall–Kier alpha value is -2.05. The summed E-state index contributed by atoms with van der Waals surface area (Å²) in [5.74, 6) is -0.692. The van der Waals surface area contributed by atoms with Crippen molar-refractivity contribution >= 4 is 5.69 Å². The Morgan fingerprint density at radius 1 is 1.25 bits per heavy atom. The normalized spacial score (nSPS) is 21.8. The molecule has 1 aliphatic heterocycles. The average Bonchev–Trinajstić information content (AvgIpc) is 2.86. The van der Waals surface area contributed by atoms with E-state index in [1.54, 1.807) is 0 Å². The van der Waals surface area contributed by atoms with Crippen LogP contribution in [-0.4, -0.2) is 30.4 Å². The summed E-state index contributed by atoms with van der Waals surface area (Å²) in [6.45, 7) is -0.997. The molecule has 3 nitrogen and oxygen atoms in total. The van der Waals surface area contributed by atoms with Gasteiger partial charge in [0.15, 0.2) is 5.69 Å². The number of anilines is 1. The van der Waals surface area contributed by atoms with Gasteiger partial charge in [0.2, 0.25) is 0 Å². The summed E-state index contributed by atoms with van der Waals surface area (Å²) in [5, 5.41) is 8.70. The lowest BCUT2D eigenvalue weighted by molar-refractivity contribution is -0.139. The van der Waals surface area contributed by atoms with Gasteiger partial charge in [0.05, 0.1) is 30.5 Å². The summed E-state index contributed by atoms with van der Waals surface area (Å²) in [7, 11) is 0. The van der Waals surface area contributed by atoms with Gasteiger partial charge < -0.3 is 4.90 Å². The number of hydrogen-bond acceptors (Lipinski definition) is 3. The maximum atomic E-state index is 13.0. The van der Waals surface area contributed by atoms with Crippen LogP contribution in [0, 0.1) is 17.2 Å². The summed E-state index contributed by atoms with van der Waals surface area (Å²) in [6.07, 6.45) is -9.85. The molecule has 1 aromatic heterocycles. The molecule has 10 heteroatoms. The van der Waals surface area contributed by atoms with E-state index in [-0.39, 0.29) is 18.7 Å². The van der Waals surface area contributed by atoms with E-state index < -0.39 is 48.7 Å². The molecule has 2 atom stereocenters. The predicted octanol–water partition coefficient (Wildman–Crippen LogP) is 4.09. The second-order valence-corrected chi connectivity index (χ2v) is 5.58. The average molecular weight is 355 g/mol. The van der Waals surface area contributed by atoms with E-state index in [2.05, 4.69) is 4.98 Å². The van der Waals surface area contributed by atoms with E-state index in [4.69, 9.17) is 5.26 Å². The van der Waals surface area contributed by atoms with Crippen LogP contribution in [0.25, 0.3) is 0 Å². The van der Waals surface area contributed by atoms with Gasteiger partial charge in [0.1, 0.15) is 6.07 Å². The standard InChI is InChI=1S/C14H12F7N3/c15-4-8-1-9(3-13(16,17)18)24(7-8)10-2-11(14(19,20)21)12(5-22)23-6-10/h2,6,8-9H,1,3-4,7H2/t8-,9+/m0/s1. The number of rotatable bonds is 3. The Balaban J connectivity index is 2.39. The lowest BCUT2D eigenvalue weighted by Gasteiger charge is -2.28. The summed E-state index contributed by atoms with van der Waals surface area (Å²) in [4.78, 5) is 4.48. The van der Waals surface area contributed by atoms with Crippen molar-refractivity contribution in [2.75, 3.05) is 18.1 Å². The molecule has 1 fully saturated rings. The Morgan fingerprint density at radius 2 is 1.92 bits per heavy atom. The maximum absolute atomic E-state index is 13.0. The van der Waals surface area contributed by atoms with Gasteiger partial charge in [0, 0.05) is 18.5 Å². The van der Waals surface area contributed by atoms with Crippen LogP contribution in [0.4, 0.5) is 36.4 Å². The van der Waals surface area contributed by atoms with Crippen molar-refractivity contribution < 1.29 is 30.7 Å². The number of alkyl halides is 7. The predicted molar refractivity (Wildman–Crippen MR) is 69.8 cm³/mol. The van der Waals surface area contributed by atoms with Crippen molar-refractivity contribution in [2.24, 2.45) is 5.92 Å². The molecule has 0 bridgehead atoms. The summed E-state index contributed by atoms with van der Waals surface area (Å²) in [5.41, 5.74) is -2.39. The fourth-order valence-electron chi connectivity index (χ4n) is 2.82. The highest BCUT2D eigenvalue weighted by Gasteiger charge is 2.42. The second-order valence-electron chi connectivity index (χ2n) is 5.58. The summed E-state index contributed by atoms with van der Waals surface area (Å²) >= 11 is 0. The number of nitrogens with zero attached hydrogens (tertiary/aromatic N) is 3. The van der Waals surface area contributed by atoms with Gasteiger partial charge in [0.25, 0.3) is 0 Å². The quantitative estimate of drug-likeness (QED) is 0.767. The highest BCUT2D eigenvalue weighted by Crippen LogP contribution is 2.38. The molecular formula is C14H12F7N3. The molecule has 132 valence electrons. The van der Waals surface area contributed by atoms with Crippen molar-refractivity contribution in [2.45, 2.75) is 31.2 Å². The summed E-state index contributed by atoms with van der Waals surface area (Å²) in [6, 6.07) is 0.727. The first-order valence-corrected chi connectivity index (χ1v) is 6.92. The van der Waals surface area contributed by atoms with Crippen molar-refractivity contribution in [3.05, 3.63) is 23.5 Å². The maximum Gasteiger partial charge on any atom is 0.419 e. The third-order valence-corrected chi connectivity index (χ3v) is 3.80. The zero-order valence-electron chi connectivity index (χ0n) is 12.1. The molecule has 24 heavy (non-hydrogen) atoms. The van der Waals surface area contributed by atoms with Crippen LogP contribution < -0.4 is 4.90 Å². The van der Waals surface area contributed by atoms with Gasteiger partial charge >= 0.3 is 12.4 Å². The zero-order chi connectivity index (χ0) is 18.1. The lowest BCUT2D eigenvalue weighted by Crippen LogP contribution is -2.34. The van der Waals surface area contributed by atoms with E-state index in [0.29, 0.717) is 6.07 Å². The Labute approximate surface area is 132 Å². The highest BCUT2D eigenvalue weighted by atomic mass is 19.4. The van der Waals surface area contributed by atoms with Crippen LogP contribution in [0.1, 0.15) is 24.1 Å². The largest absolute Gasteiger partial charge is 0.419 e. The van der Waals surface area contributed by atoms with Gasteiger partial charge in [-0.25, -0.2) is 4.98 Å². The zero-order valence-corrected chi connectivity index (χ0v) is 12.1. The van der Waals surface area contributed by atoms with Crippen molar-refractivity contribution in [1.82, 2.24) is 4.98 Å². The first-order valence-electron chi connectivity index (χ1n) is 6.92. The molecule has 0 aromatic carbocycles. The van der Waals surface area contributed by atoms with Crippen LogP contribution in [0.15, 0.2) is 12.3 Å². The van der Waals surface area contributed by atoms with Crippen molar-refractivity contribution in [1.29, 1.82) is 5.26 Å². The minimum Gasteiger partial charge on any atom is -0.367 e. The van der Waals surface area contributed by atoms with Gasteiger partial charge in [-0.1, -0.05) is 0 Å². The first-order chi connectivity index (χ1) is 11.0. The fourth-order valence-corrected chi connectivity index (χ4v) is 2.82. The van der Waals surface area contributed by atoms with E-state index >= 15 is 0 Å². The highest BCUT2D eigenvalue weighted by molar-refractivity contribution is 5.52. The topological polar surface area (TPSA) is 39.9 Å². The fraction of sp³-hybridized carbons (Fsp3) is 0.571. The van der Waals surface area contributed by atoms with Gasteiger partial charge in [-0.05, 0) is 12.5 Å². The lowest BCUT2D eigenvalue weighted by atomic mass is 10.0. The number of aromatic nitrogens is 1. The molecule has 2 heterocycles. The number of pyridine rings is 1. The number of hydrogen-bond donors (Lipinski definition) is 0. The van der Waals surface area contributed by atoms with E-state index in [1.165, 1.54) is 6.07 Å². The SMILES string of the molecule is N#Cc1ncc(N2C[C@H](CF)C[C@@H]2CC(F)(F)F)cc1C(F)(F)F. The van der Waals surface area contributed by atoms with E-state index in [1.807, 2.05) is 0 Å². The van der Waals surface area contributed by atoms with Crippen LogP contribution in [0.3, 0.4) is 0 Å². The molecule has 1 aliphatic rings. The third-order valence-electron chi connectivity index (χ3n) is 3.80. The number of nitriles is 1. The molecule has 0 spiro atoms. The molecule has 1 aromatic rings. The minimum atomic E-state index is -4.87. The second kappa shape index (κ2) is 6.45. The van der Waals surface area contributed by atoms with Gasteiger partial charge in [-0.3, -0.25) is 4.39 Å².